The first-order chi connectivity index (χ1) is 13.1. The van der Waals surface area contributed by atoms with Gasteiger partial charge in [0.2, 0.25) is 5.95 Å². The Kier molecular flexibility index (Phi) is 4.43. The smallest absolute Gasteiger partial charge is 0.278 e. The Morgan fingerprint density at radius 3 is 3.00 bits per heavy atom. The van der Waals surface area contributed by atoms with E-state index in [0.717, 1.165) is 0 Å². The van der Waals surface area contributed by atoms with Crippen LogP contribution in [0.15, 0.2) is 53.4 Å². The number of H-pyrrole nitrogens is 1. The Hall–Kier alpha value is -3.46. The maximum absolute atomic E-state index is 13.1. The molecule has 27 heavy (non-hydrogen) atoms. The van der Waals surface area contributed by atoms with E-state index in [1.54, 1.807) is 24.3 Å². The zero-order valence-electron chi connectivity index (χ0n) is 13.7. The van der Waals surface area contributed by atoms with E-state index in [0.29, 0.717) is 17.0 Å². The number of aromatic nitrogens is 5. The topological polar surface area (TPSA) is 102 Å². The largest absolute Gasteiger partial charge is 0.463 e. The van der Waals surface area contributed by atoms with Crippen LogP contribution in [-0.2, 0) is 6.54 Å². The van der Waals surface area contributed by atoms with Gasteiger partial charge >= 0.3 is 0 Å². The summed E-state index contributed by atoms with van der Waals surface area (Å²) in [6, 6.07) is 9.15. The summed E-state index contributed by atoms with van der Waals surface area (Å²) in [4.78, 5) is 16.3. The molecule has 0 radical (unpaired) electrons. The zero-order valence-corrected chi connectivity index (χ0v) is 14.4. The van der Waals surface area contributed by atoms with Crippen molar-refractivity contribution >= 4 is 23.5 Å². The molecular formula is C17H12ClFN6O2. The molecule has 0 bridgehead atoms. The second-order valence-corrected chi connectivity index (χ2v) is 6.01. The van der Waals surface area contributed by atoms with Crippen molar-refractivity contribution < 1.29 is 13.6 Å². The summed E-state index contributed by atoms with van der Waals surface area (Å²) in [6.07, 6.45) is 2.97. The Labute approximate surface area is 157 Å². The Morgan fingerprint density at radius 1 is 1.33 bits per heavy atom. The van der Waals surface area contributed by atoms with Crippen molar-refractivity contribution in [2.45, 2.75) is 6.54 Å². The van der Waals surface area contributed by atoms with Crippen molar-refractivity contribution in [2.75, 3.05) is 5.32 Å². The Morgan fingerprint density at radius 2 is 2.22 bits per heavy atom. The van der Waals surface area contributed by atoms with E-state index in [4.69, 9.17) is 16.0 Å². The van der Waals surface area contributed by atoms with Gasteiger partial charge in [-0.25, -0.2) is 14.1 Å². The molecule has 2 N–H and O–H groups in total. The standard InChI is InChI=1S/C17H12ClFN6O2/c18-12-6-11(19)4-3-10(12)8-25-9-20-17(24-25)21-16(26)14-7-13(22-23-14)15-2-1-5-27-15/h1-7,9H,8H2,(H,22,23)(H,21,24,26). The molecule has 0 aliphatic heterocycles. The predicted molar refractivity (Wildman–Crippen MR) is 94.8 cm³/mol. The lowest BCUT2D eigenvalue weighted by Gasteiger charge is -2.03. The quantitative estimate of drug-likeness (QED) is 0.547. The number of amides is 1. The third-order valence-electron chi connectivity index (χ3n) is 3.71. The number of nitrogens with zero attached hydrogens (tertiary/aromatic N) is 4. The summed E-state index contributed by atoms with van der Waals surface area (Å²) in [7, 11) is 0. The second-order valence-electron chi connectivity index (χ2n) is 5.60. The van der Waals surface area contributed by atoms with E-state index in [2.05, 4.69) is 25.6 Å². The van der Waals surface area contributed by atoms with Gasteiger partial charge in [0.05, 0.1) is 12.8 Å². The molecule has 0 fully saturated rings. The minimum Gasteiger partial charge on any atom is -0.463 e. The fourth-order valence-corrected chi connectivity index (χ4v) is 2.64. The highest BCUT2D eigenvalue weighted by atomic mass is 35.5. The molecule has 0 aliphatic rings. The third-order valence-corrected chi connectivity index (χ3v) is 4.06. The van der Waals surface area contributed by atoms with Crippen molar-refractivity contribution in [1.82, 2.24) is 25.0 Å². The summed E-state index contributed by atoms with van der Waals surface area (Å²) in [6.45, 7) is 0.285. The van der Waals surface area contributed by atoms with Gasteiger partial charge in [-0.1, -0.05) is 17.7 Å². The van der Waals surface area contributed by atoms with Crippen LogP contribution in [0.5, 0.6) is 0 Å². The van der Waals surface area contributed by atoms with Crippen molar-refractivity contribution in [3.63, 3.8) is 0 Å². The summed E-state index contributed by atoms with van der Waals surface area (Å²) < 4.78 is 19.8. The van der Waals surface area contributed by atoms with Gasteiger partial charge in [0.25, 0.3) is 5.91 Å². The van der Waals surface area contributed by atoms with Gasteiger partial charge in [-0.2, -0.15) is 5.10 Å². The van der Waals surface area contributed by atoms with Crippen LogP contribution in [0, 0.1) is 5.82 Å². The van der Waals surface area contributed by atoms with Crippen molar-refractivity contribution in [3.05, 3.63) is 71.1 Å². The maximum atomic E-state index is 13.1. The molecule has 0 atom stereocenters. The highest BCUT2D eigenvalue weighted by molar-refractivity contribution is 6.31. The first-order valence-corrected chi connectivity index (χ1v) is 8.20. The van der Waals surface area contributed by atoms with Gasteiger partial charge in [0, 0.05) is 11.1 Å². The van der Waals surface area contributed by atoms with Crippen LogP contribution >= 0.6 is 11.6 Å². The minimum atomic E-state index is -0.471. The molecule has 0 saturated carbocycles. The number of hydrogen-bond acceptors (Lipinski definition) is 5. The molecule has 1 amide bonds. The van der Waals surface area contributed by atoms with E-state index < -0.39 is 11.7 Å². The van der Waals surface area contributed by atoms with Crippen LogP contribution in [0.4, 0.5) is 10.3 Å². The highest BCUT2D eigenvalue weighted by Gasteiger charge is 2.15. The van der Waals surface area contributed by atoms with E-state index in [1.807, 2.05) is 0 Å². The molecule has 8 nitrogen and oxygen atoms in total. The molecule has 4 aromatic rings. The molecule has 0 saturated heterocycles. The lowest BCUT2D eigenvalue weighted by molar-refractivity contribution is 0.102. The van der Waals surface area contributed by atoms with Crippen LogP contribution in [0.25, 0.3) is 11.5 Å². The third kappa shape index (κ3) is 3.72. The molecule has 1 aromatic carbocycles. The van der Waals surface area contributed by atoms with E-state index in [1.165, 1.54) is 29.4 Å². The summed E-state index contributed by atoms with van der Waals surface area (Å²) >= 11 is 6.00. The van der Waals surface area contributed by atoms with Crippen molar-refractivity contribution in [1.29, 1.82) is 0 Å². The molecule has 0 aliphatic carbocycles. The van der Waals surface area contributed by atoms with Gasteiger partial charge in [-0.05, 0) is 29.8 Å². The molecular weight excluding hydrogens is 375 g/mol. The number of benzene rings is 1. The summed E-state index contributed by atoms with van der Waals surface area (Å²) in [5.74, 6) is -0.203. The van der Waals surface area contributed by atoms with Crippen molar-refractivity contribution in [2.24, 2.45) is 0 Å². The summed E-state index contributed by atoms with van der Waals surface area (Å²) in [5, 5.41) is 13.7. The average Bonchev–Trinajstić information content (AvgIpc) is 3.37. The molecule has 3 aromatic heterocycles. The van der Waals surface area contributed by atoms with Crippen LogP contribution < -0.4 is 5.32 Å². The molecule has 136 valence electrons. The monoisotopic (exact) mass is 386 g/mol. The van der Waals surface area contributed by atoms with Crippen LogP contribution in [-0.4, -0.2) is 30.9 Å². The first kappa shape index (κ1) is 17.0. The van der Waals surface area contributed by atoms with E-state index in [-0.39, 0.29) is 23.2 Å². The normalized spacial score (nSPS) is 10.9. The number of carbonyl (C=O) groups excluding carboxylic acids is 1. The molecule has 4 rings (SSSR count). The fourth-order valence-electron chi connectivity index (χ4n) is 2.41. The SMILES string of the molecule is O=C(Nc1ncn(Cc2ccc(F)cc2Cl)n1)c1cc(-c2ccco2)[nH]n1. The number of carbonyl (C=O) groups is 1. The summed E-state index contributed by atoms with van der Waals surface area (Å²) in [5.41, 5.74) is 1.42. The zero-order chi connectivity index (χ0) is 18.8. The number of anilines is 1. The molecule has 0 unspecified atom stereocenters. The Balaban J connectivity index is 1.44. The molecule has 10 heteroatoms. The van der Waals surface area contributed by atoms with Gasteiger partial charge in [-0.3, -0.25) is 15.2 Å². The minimum absolute atomic E-state index is 0.112. The lowest BCUT2D eigenvalue weighted by Crippen LogP contribution is -2.14. The van der Waals surface area contributed by atoms with E-state index in [9.17, 15) is 9.18 Å². The van der Waals surface area contributed by atoms with E-state index >= 15 is 0 Å². The number of aromatic amines is 1. The van der Waals surface area contributed by atoms with Crippen LogP contribution in [0.2, 0.25) is 5.02 Å². The van der Waals surface area contributed by atoms with Crippen LogP contribution in [0.3, 0.4) is 0 Å². The Bertz CT molecular complexity index is 1090. The maximum Gasteiger partial charge on any atom is 0.278 e. The highest BCUT2D eigenvalue weighted by Crippen LogP contribution is 2.19. The van der Waals surface area contributed by atoms with Gasteiger partial charge < -0.3 is 4.42 Å². The van der Waals surface area contributed by atoms with Gasteiger partial charge in [-0.15, -0.1) is 5.10 Å². The molecule has 0 spiro atoms. The number of hydrogen-bond donors (Lipinski definition) is 2. The molecule has 3 heterocycles. The number of nitrogens with one attached hydrogen (secondary N) is 2. The lowest BCUT2D eigenvalue weighted by atomic mass is 10.2. The van der Waals surface area contributed by atoms with Gasteiger partial charge in [0.1, 0.15) is 17.8 Å². The second kappa shape index (κ2) is 7.04. The number of halogens is 2. The van der Waals surface area contributed by atoms with Crippen LogP contribution in [0.1, 0.15) is 16.1 Å². The predicted octanol–water partition coefficient (Wildman–Crippen LogP) is 3.35. The van der Waals surface area contributed by atoms with Crippen molar-refractivity contribution in [3.8, 4) is 11.5 Å². The van der Waals surface area contributed by atoms with Gasteiger partial charge in [0.15, 0.2) is 11.5 Å². The first-order valence-electron chi connectivity index (χ1n) is 7.82. The fraction of sp³-hybridized carbons (Fsp3) is 0.0588. The number of rotatable bonds is 5. The average molecular weight is 387 g/mol. The number of furan rings is 1.